The molecule has 25 heavy (non-hydrogen) atoms. The Hall–Kier alpha value is -2.18. The van der Waals surface area contributed by atoms with Crippen LogP contribution in [0.3, 0.4) is 0 Å². The van der Waals surface area contributed by atoms with Crippen molar-refractivity contribution in [3.8, 4) is 0 Å². The summed E-state index contributed by atoms with van der Waals surface area (Å²) in [6.07, 6.45) is 3.69. The summed E-state index contributed by atoms with van der Waals surface area (Å²) in [4.78, 5) is 26.0. The minimum Gasteiger partial charge on any atom is -0.452 e. The zero-order valence-electron chi connectivity index (χ0n) is 13.9. The number of thioether (sulfide) groups is 2. The van der Waals surface area contributed by atoms with Crippen LogP contribution in [-0.4, -0.2) is 30.5 Å². The lowest BCUT2D eigenvalue weighted by atomic mass is 10.2. The number of anilines is 1. The fourth-order valence-corrected chi connectivity index (χ4v) is 3.39. The van der Waals surface area contributed by atoms with E-state index in [0.29, 0.717) is 11.3 Å². The summed E-state index contributed by atoms with van der Waals surface area (Å²) < 4.78 is 5.14. The molecule has 0 bridgehead atoms. The third-order valence-corrected chi connectivity index (χ3v) is 5.04. The first kappa shape index (κ1) is 19.1. The number of para-hydroxylation sites is 1. The Morgan fingerprint density at radius 3 is 2.52 bits per heavy atom. The van der Waals surface area contributed by atoms with Crippen molar-refractivity contribution in [2.75, 3.05) is 23.9 Å². The van der Waals surface area contributed by atoms with Crippen LogP contribution in [0.4, 0.5) is 5.69 Å². The third-order valence-electron chi connectivity index (χ3n) is 3.18. The summed E-state index contributed by atoms with van der Waals surface area (Å²) in [6, 6.07) is 14.6. The molecule has 0 fully saturated rings. The van der Waals surface area contributed by atoms with Gasteiger partial charge in [0.15, 0.2) is 6.61 Å². The molecule has 0 aromatic heterocycles. The van der Waals surface area contributed by atoms with E-state index in [-0.39, 0.29) is 12.5 Å². The van der Waals surface area contributed by atoms with Crippen molar-refractivity contribution in [1.82, 2.24) is 0 Å². The lowest BCUT2D eigenvalue weighted by molar-refractivity contribution is -0.119. The third kappa shape index (κ3) is 5.69. The number of ether oxygens (including phenoxy) is 1. The van der Waals surface area contributed by atoms with E-state index < -0.39 is 5.97 Å². The molecule has 4 nitrogen and oxygen atoms in total. The number of nitrogens with one attached hydrogen (secondary N) is 1. The summed E-state index contributed by atoms with van der Waals surface area (Å²) in [5.41, 5.74) is 1.16. The van der Waals surface area contributed by atoms with Gasteiger partial charge in [-0.3, -0.25) is 4.79 Å². The second-order valence-corrected chi connectivity index (χ2v) is 6.83. The molecule has 0 atom stereocenters. The van der Waals surface area contributed by atoms with Crippen LogP contribution >= 0.6 is 23.5 Å². The first-order valence-electron chi connectivity index (χ1n) is 7.58. The van der Waals surface area contributed by atoms with E-state index in [2.05, 4.69) is 11.9 Å². The molecule has 0 saturated heterocycles. The molecule has 1 amide bonds. The molecule has 0 aliphatic heterocycles. The first-order chi connectivity index (χ1) is 12.2. The molecule has 2 aromatic rings. The Bertz CT molecular complexity index is 762. The number of hydrogen-bond donors (Lipinski definition) is 1. The smallest absolute Gasteiger partial charge is 0.339 e. The van der Waals surface area contributed by atoms with Crippen molar-refractivity contribution in [3.63, 3.8) is 0 Å². The van der Waals surface area contributed by atoms with E-state index in [0.717, 1.165) is 15.5 Å². The van der Waals surface area contributed by atoms with Gasteiger partial charge in [-0.05, 0) is 30.5 Å². The molecule has 0 spiro atoms. The van der Waals surface area contributed by atoms with E-state index in [4.69, 9.17) is 4.74 Å². The zero-order valence-corrected chi connectivity index (χ0v) is 15.5. The predicted molar refractivity (Wildman–Crippen MR) is 104 cm³/mol. The van der Waals surface area contributed by atoms with Crippen molar-refractivity contribution in [2.24, 2.45) is 0 Å². The minimum atomic E-state index is -0.505. The molecule has 6 heteroatoms. The van der Waals surface area contributed by atoms with E-state index in [1.807, 2.05) is 42.7 Å². The molecule has 0 saturated carbocycles. The lowest BCUT2D eigenvalue weighted by Crippen LogP contribution is -2.21. The summed E-state index contributed by atoms with van der Waals surface area (Å²) in [6.45, 7) is 3.36. The van der Waals surface area contributed by atoms with E-state index in [1.54, 1.807) is 30.0 Å². The van der Waals surface area contributed by atoms with Gasteiger partial charge < -0.3 is 10.1 Å². The molecule has 130 valence electrons. The van der Waals surface area contributed by atoms with Crippen molar-refractivity contribution in [2.45, 2.75) is 9.79 Å². The van der Waals surface area contributed by atoms with Gasteiger partial charge in [0.25, 0.3) is 5.91 Å². The number of esters is 1. The Morgan fingerprint density at radius 2 is 1.80 bits per heavy atom. The van der Waals surface area contributed by atoms with Crippen molar-refractivity contribution in [3.05, 3.63) is 66.7 Å². The van der Waals surface area contributed by atoms with Crippen LogP contribution in [0.5, 0.6) is 0 Å². The Morgan fingerprint density at radius 1 is 1.12 bits per heavy atom. The molecule has 0 radical (unpaired) electrons. The lowest BCUT2D eigenvalue weighted by Gasteiger charge is -2.11. The number of carbonyl (C=O) groups excluding carboxylic acids is 2. The fourth-order valence-electron chi connectivity index (χ4n) is 2.05. The quantitative estimate of drug-likeness (QED) is 0.420. The van der Waals surface area contributed by atoms with Crippen molar-refractivity contribution >= 4 is 41.1 Å². The SMILES string of the molecule is C=CCSc1ccccc1NC(=O)COC(=O)c1ccccc1SC. The Labute approximate surface area is 156 Å². The molecule has 0 aliphatic rings. The van der Waals surface area contributed by atoms with Gasteiger partial charge in [0.2, 0.25) is 0 Å². The summed E-state index contributed by atoms with van der Waals surface area (Å²) >= 11 is 3.03. The van der Waals surface area contributed by atoms with Gasteiger partial charge in [0.1, 0.15) is 0 Å². The van der Waals surface area contributed by atoms with Gasteiger partial charge in [-0.25, -0.2) is 4.79 Å². The molecule has 0 aliphatic carbocycles. The van der Waals surface area contributed by atoms with Crippen LogP contribution in [-0.2, 0) is 9.53 Å². The van der Waals surface area contributed by atoms with Crippen molar-refractivity contribution < 1.29 is 14.3 Å². The number of carbonyl (C=O) groups is 2. The van der Waals surface area contributed by atoms with Crippen LogP contribution in [0, 0.1) is 0 Å². The second kappa shape index (κ2) is 9.96. The van der Waals surface area contributed by atoms with Crippen molar-refractivity contribution in [1.29, 1.82) is 0 Å². The van der Waals surface area contributed by atoms with Gasteiger partial charge >= 0.3 is 5.97 Å². The molecule has 0 heterocycles. The standard InChI is InChI=1S/C19H19NO3S2/c1-3-12-25-17-11-7-5-9-15(17)20-18(21)13-23-19(22)14-8-4-6-10-16(14)24-2/h3-11H,1,12-13H2,2H3,(H,20,21). The maximum absolute atomic E-state index is 12.2. The minimum absolute atomic E-state index is 0.331. The highest BCUT2D eigenvalue weighted by molar-refractivity contribution is 7.99. The van der Waals surface area contributed by atoms with Crippen LogP contribution in [0.15, 0.2) is 71.0 Å². The maximum atomic E-state index is 12.2. The normalized spacial score (nSPS) is 10.1. The predicted octanol–water partition coefficient (Wildman–Crippen LogP) is 4.48. The second-order valence-electron chi connectivity index (χ2n) is 4.92. The van der Waals surface area contributed by atoms with Crippen LogP contribution in [0.2, 0.25) is 0 Å². The fraction of sp³-hybridized carbons (Fsp3) is 0.158. The first-order valence-corrected chi connectivity index (χ1v) is 9.79. The molecule has 0 unspecified atom stereocenters. The Kier molecular flexibility index (Phi) is 7.63. The van der Waals surface area contributed by atoms with E-state index >= 15 is 0 Å². The average molecular weight is 373 g/mol. The highest BCUT2D eigenvalue weighted by atomic mass is 32.2. The van der Waals surface area contributed by atoms with Gasteiger partial charge in [0, 0.05) is 15.5 Å². The number of rotatable bonds is 8. The van der Waals surface area contributed by atoms with E-state index in [1.165, 1.54) is 11.8 Å². The highest BCUT2D eigenvalue weighted by Crippen LogP contribution is 2.27. The largest absolute Gasteiger partial charge is 0.452 e. The molecular weight excluding hydrogens is 354 g/mol. The van der Waals surface area contributed by atoms with E-state index in [9.17, 15) is 9.59 Å². The summed E-state index contributed by atoms with van der Waals surface area (Å²) in [5.74, 6) is -0.135. The monoisotopic (exact) mass is 373 g/mol. The van der Waals surface area contributed by atoms with Gasteiger partial charge in [-0.15, -0.1) is 30.1 Å². The summed E-state index contributed by atoms with van der Waals surface area (Å²) in [7, 11) is 0. The summed E-state index contributed by atoms with van der Waals surface area (Å²) in [5, 5.41) is 2.78. The molecule has 2 aromatic carbocycles. The molecule has 1 N–H and O–H groups in total. The Balaban J connectivity index is 1.95. The number of amides is 1. The van der Waals surface area contributed by atoms with Gasteiger partial charge in [-0.1, -0.05) is 30.3 Å². The molecular formula is C19H19NO3S2. The number of hydrogen-bond acceptors (Lipinski definition) is 5. The van der Waals surface area contributed by atoms with Gasteiger partial charge in [0.05, 0.1) is 11.3 Å². The van der Waals surface area contributed by atoms with Gasteiger partial charge in [-0.2, -0.15) is 0 Å². The zero-order chi connectivity index (χ0) is 18.1. The molecule has 2 rings (SSSR count). The maximum Gasteiger partial charge on any atom is 0.339 e. The van der Waals surface area contributed by atoms with Crippen LogP contribution in [0.25, 0.3) is 0 Å². The number of benzene rings is 2. The van der Waals surface area contributed by atoms with Crippen LogP contribution < -0.4 is 5.32 Å². The van der Waals surface area contributed by atoms with Crippen LogP contribution in [0.1, 0.15) is 10.4 Å². The topological polar surface area (TPSA) is 55.4 Å². The highest BCUT2D eigenvalue weighted by Gasteiger charge is 2.14. The average Bonchev–Trinajstić information content (AvgIpc) is 2.65.